The van der Waals surface area contributed by atoms with E-state index in [1.54, 1.807) is 22.9 Å². The van der Waals surface area contributed by atoms with Crippen LogP contribution in [0.1, 0.15) is 11.3 Å². The average Bonchev–Trinajstić information content (AvgIpc) is 3.51. The van der Waals surface area contributed by atoms with Gasteiger partial charge in [-0.3, -0.25) is 10.1 Å². The zero-order valence-corrected chi connectivity index (χ0v) is 18.9. The molecule has 2 heterocycles. The minimum absolute atomic E-state index is 0.0754. The van der Waals surface area contributed by atoms with Crippen molar-refractivity contribution >= 4 is 17.4 Å². The number of aromatic nitrogens is 5. The second kappa shape index (κ2) is 9.72. The standard InChI is InChI=1S/C25H20N6O2S/c32-31(33)22-14-8-7-13-20(22)15-30-16-21(28-29-30)17-34-25-26-23(18-9-3-1-4-10-18)24(27-25)19-11-5-2-6-12-19/h1-14,16H,15,17H2,(H,26,27). The number of hydrogen-bond donors (Lipinski definition) is 1. The van der Waals surface area contributed by atoms with Crippen LogP contribution in [0.4, 0.5) is 5.69 Å². The van der Waals surface area contributed by atoms with E-state index >= 15 is 0 Å². The van der Waals surface area contributed by atoms with Crippen molar-refractivity contribution in [2.75, 3.05) is 0 Å². The topological polar surface area (TPSA) is 103 Å². The van der Waals surface area contributed by atoms with E-state index in [4.69, 9.17) is 4.98 Å². The van der Waals surface area contributed by atoms with E-state index in [1.165, 1.54) is 17.8 Å². The summed E-state index contributed by atoms with van der Waals surface area (Å²) >= 11 is 1.53. The molecule has 0 fully saturated rings. The van der Waals surface area contributed by atoms with Gasteiger partial charge in [0, 0.05) is 29.1 Å². The van der Waals surface area contributed by atoms with Gasteiger partial charge in [-0.2, -0.15) is 0 Å². The summed E-state index contributed by atoms with van der Waals surface area (Å²) in [5, 5.41) is 20.4. The number of rotatable bonds is 8. The Morgan fingerprint density at radius 3 is 2.32 bits per heavy atom. The SMILES string of the molecule is O=[N+]([O-])c1ccccc1Cn1cc(CSc2nc(-c3ccccc3)c(-c3ccccc3)[nH]2)nn1. The number of thioether (sulfide) groups is 1. The molecule has 34 heavy (non-hydrogen) atoms. The van der Waals surface area contributed by atoms with Gasteiger partial charge in [-0.05, 0) is 0 Å². The molecule has 0 bridgehead atoms. The molecule has 9 heteroatoms. The van der Waals surface area contributed by atoms with E-state index in [9.17, 15) is 10.1 Å². The van der Waals surface area contributed by atoms with E-state index < -0.39 is 0 Å². The number of nitrogens with zero attached hydrogens (tertiary/aromatic N) is 5. The van der Waals surface area contributed by atoms with Crippen LogP contribution in [0.5, 0.6) is 0 Å². The smallest absolute Gasteiger partial charge is 0.274 e. The molecule has 3 aromatic carbocycles. The normalized spacial score (nSPS) is 10.9. The first-order chi connectivity index (χ1) is 16.7. The molecule has 0 saturated heterocycles. The van der Waals surface area contributed by atoms with Crippen molar-refractivity contribution < 1.29 is 4.92 Å². The first kappa shape index (κ1) is 21.6. The van der Waals surface area contributed by atoms with Crippen LogP contribution in [0.25, 0.3) is 22.5 Å². The third-order valence-corrected chi connectivity index (χ3v) is 6.16. The van der Waals surface area contributed by atoms with Crippen LogP contribution in [-0.2, 0) is 12.3 Å². The third kappa shape index (κ3) is 4.74. The first-order valence-corrected chi connectivity index (χ1v) is 11.6. The minimum atomic E-state index is -0.380. The molecule has 8 nitrogen and oxygen atoms in total. The molecule has 0 radical (unpaired) electrons. The van der Waals surface area contributed by atoms with Crippen molar-refractivity contribution in [3.63, 3.8) is 0 Å². The van der Waals surface area contributed by atoms with E-state index in [-0.39, 0.29) is 17.2 Å². The third-order valence-electron chi connectivity index (χ3n) is 5.26. The number of H-pyrrole nitrogens is 1. The Hall–Kier alpha value is -4.24. The number of nitrogens with one attached hydrogen (secondary N) is 1. The van der Waals surface area contributed by atoms with Gasteiger partial charge in [-0.15, -0.1) is 5.10 Å². The van der Waals surface area contributed by atoms with Gasteiger partial charge >= 0.3 is 0 Å². The zero-order valence-electron chi connectivity index (χ0n) is 18.0. The number of imidazole rings is 1. The fourth-order valence-corrected chi connectivity index (χ4v) is 4.41. The first-order valence-electron chi connectivity index (χ1n) is 10.6. The van der Waals surface area contributed by atoms with E-state index in [0.717, 1.165) is 33.4 Å². The Labute approximate surface area is 199 Å². The maximum atomic E-state index is 11.3. The number of nitro benzene ring substituents is 1. The molecular formula is C25H20N6O2S. The molecule has 168 valence electrons. The van der Waals surface area contributed by atoms with Gasteiger partial charge in [0.25, 0.3) is 5.69 Å². The Morgan fingerprint density at radius 1 is 0.912 bits per heavy atom. The summed E-state index contributed by atoms with van der Waals surface area (Å²) < 4.78 is 1.62. The lowest BCUT2D eigenvalue weighted by Crippen LogP contribution is -2.03. The Morgan fingerprint density at radius 2 is 1.59 bits per heavy atom. The number of nitro groups is 1. The highest BCUT2D eigenvalue weighted by atomic mass is 32.2. The fourth-order valence-electron chi connectivity index (χ4n) is 3.66. The van der Waals surface area contributed by atoms with Crippen LogP contribution in [0.2, 0.25) is 0 Å². The highest BCUT2D eigenvalue weighted by molar-refractivity contribution is 7.98. The summed E-state index contributed by atoms with van der Waals surface area (Å²) in [6.45, 7) is 0.284. The molecule has 0 amide bonds. The molecule has 1 N–H and O–H groups in total. The van der Waals surface area contributed by atoms with Crippen LogP contribution < -0.4 is 0 Å². The molecule has 0 atom stereocenters. The monoisotopic (exact) mass is 468 g/mol. The minimum Gasteiger partial charge on any atom is -0.332 e. The van der Waals surface area contributed by atoms with Gasteiger partial charge in [0.15, 0.2) is 5.16 Å². The Kier molecular flexibility index (Phi) is 6.17. The molecule has 0 aliphatic carbocycles. The van der Waals surface area contributed by atoms with Crippen molar-refractivity contribution in [1.29, 1.82) is 0 Å². The summed E-state index contributed by atoms with van der Waals surface area (Å²) in [4.78, 5) is 19.2. The van der Waals surface area contributed by atoms with Crippen molar-refractivity contribution in [2.24, 2.45) is 0 Å². The predicted molar refractivity (Wildman–Crippen MR) is 131 cm³/mol. The summed E-state index contributed by atoms with van der Waals surface area (Å²) in [5.74, 6) is 0.562. The van der Waals surface area contributed by atoms with Gasteiger partial charge in [0.2, 0.25) is 0 Å². The molecule has 0 unspecified atom stereocenters. The van der Waals surface area contributed by atoms with Gasteiger partial charge in [0.1, 0.15) is 0 Å². The number of para-hydroxylation sites is 1. The van der Waals surface area contributed by atoms with Gasteiger partial charge in [0.05, 0.1) is 34.1 Å². The maximum absolute atomic E-state index is 11.3. The van der Waals surface area contributed by atoms with Gasteiger partial charge in [-0.1, -0.05) is 95.8 Å². The summed E-state index contributed by atoms with van der Waals surface area (Å²) in [7, 11) is 0. The van der Waals surface area contributed by atoms with Crippen LogP contribution in [0, 0.1) is 10.1 Å². The zero-order chi connectivity index (χ0) is 23.3. The second-order valence-electron chi connectivity index (χ2n) is 7.58. The lowest BCUT2D eigenvalue weighted by Gasteiger charge is -2.02. The molecule has 5 rings (SSSR count). The summed E-state index contributed by atoms with van der Waals surface area (Å²) in [6.07, 6.45) is 1.81. The summed E-state index contributed by atoms with van der Waals surface area (Å²) in [5.41, 5.74) is 5.40. The molecular weight excluding hydrogens is 448 g/mol. The highest BCUT2D eigenvalue weighted by Gasteiger charge is 2.16. The molecule has 5 aromatic rings. The molecule has 0 aliphatic heterocycles. The van der Waals surface area contributed by atoms with Crippen LogP contribution in [0.15, 0.2) is 96.3 Å². The van der Waals surface area contributed by atoms with E-state index in [1.807, 2.05) is 54.7 Å². The van der Waals surface area contributed by atoms with Crippen LogP contribution in [0.3, 0.4) is 0 Å². The predicted octanol–water partition coefficient (Wildman–Crippen LogP) is 5.58. The van der Waals surface area contributed by atoms with Gasteiger partial charge in [-0.25, -0.2) is 9.67 Å². The van der Waals surface area contributed by atoms with Crippen LogP contribution in [-0.4, -0.2) is 29.9 Å². The molecule has 0 saturated carbocycles. The quantitative estimate of drug-likeness (QED) is 0.181. The van der Waals surface area contributed by atoms with E-state index in [2.05, 4.69) is 27.4 Å². The van der Waals surface area contributed by atoms with E-state index in [0.29, 0.717) is 11.3 Å². The van der Waals surface area contributed by atoms with Gasteiger partial charge < -0.3 is 4.98 Å². The van der Waals surface area contributed by atoms with Crippen molar-refractivity contribution in [3.05, 3.63) is 112 Å². The average molecular weight is 469 g/mol. The Bertz CT molecular complexity index is 1360. The van der Waals surface area contributed by atoms with Crippen molar-refractivity contribution in [3.8, 4) is 22.5 Å². The number of benzene rings is 3. The largest absolute Gasteiger partial charge is 0.332 e. The van der Waals surface area contributed by atoms with Crippen molar-refractivity contribution in [2.45, 2.75) is 17.5 Å². The lowest BCUT2D eigenvalue weighted by atomic mass is 10.1. The van der Waals surface area contributed by atoms with Crippen LogP contribution >= 0.6 is 11.8 Å². The number of aromatic amines is 1. The Balaban J connectivity index is 1.34. The maximum Gasteiger partial charge on any atom is 0.274 e. The highest BCUT2D eigenvalue weighted by Crippen LogP contribution is 2.33. The van der Waals surface area contributed by atoms with Crippen molar-refractivity contribution in [1.82, 2.24) is 25.0 Å². The lowest BCUT2D eigenvalue weighted by molar-refractivity contribution is -0.385. The molecule has 0 aliphatic rings. The molecule has 0 spiro atoms. The fraction of sp³-hybridized carbons (Fsp3) is 0.0800. The summed E-state index contributed by atoms with van der Waals surface area (Å²) in [6, 6.07) is 26.9. The number of hydrogen-bond acceptors (Lipinski definition) is 6. The second-order valence-corrected chi connectivity index (χ2v) is 8.54. The molecule has 2 aromatic heterocycles.